The number of ketones is 1. The lowest BCUT2D eigenvalue weighted by Crippen LogP contribution is -2.32. The van der Waals surface area contributed by atoms with E-state index in [2.05, 4.69) is 0 Å². The second kappa shape index (κ2) is 9.82. The molecule has 1 aliphatic heterocycles. The van der Waals surface area contributed by atoms with Crippen molar-refractivity contribution in [2.45, 2.75) is 10.9 Å². The molecule has 1 unspecified atom stereocenters. The van der Waals surface area contributed by atoms with E-state index in [9.17, 15) is 23.1 Å². The molecule has 1 atom stereocenters. The Morgan fingerprint density at radius 3 is 2.27 bits per heavy atom. The van der Waals surface area contributed by atoms with E-state index >= 15 is 0 Å². The number of sulfonamides is 1. The third-order valence-corrected chi connectivity index (χ3v) is 7.81. The minimum absolute atomic E-state index is 0.0191. The van der Waals surface area contributed by atoms with Gasteiger partial charge in [0.15, 0.2) is 0 Å². The number of carbonyl (C=O) groups is 2. The summed E-state index contributed by atoms with van der Waals surface area (Å²) in [5.74, 6) is -2.10. The Labute approximate surface area is 202 Å². The Morgan fingerprint density at radius 2 is 1.73 bits per heavy atom. The fourth-order valence-corrected chi connectivity index (χ4v) is 4.69. The normalized spacial score (nSPS) is 18.4. The minimum Gasteiger partial charge on any atom is -0.507 e. The molecule has 1 fully saturated rings. The van der Waals surface area contributed by atoms with E-state index in [4.69, 9.17) is 27.9 Å². The van der Waals surface area contributed by atoms with Crippen LogP contribution in [0.3, 0.4) is 0 Å². The molecule has 1 saturated heterocycles. The van der Waals surface area contributed by atoms with Crippen LogP contribution in [-0.2, 0) is 24.3 Å². The van der Waals surface area contributed by atoms with Crippen molar-refractivity contribution in [3.8, 4) is 0 Å². The highest BCUT2D eigenvalue weighted by atomic mass is 35.5. The average Bonchev–Trinajstić information content (AvgIpc) is 3.03. The Kier molecular flexibility index (Phi) is 7.50. The SMILES string of the molecule is COCCN1C(=O)C(=O)C(=C(O)c2ccc(S(=O)(=O)N(C)C)cc2)C1c1ccc(Cl)c(Cl)c1. The highest BCUT2D eigenvalue weighted by Gasteiger charge is 2.46. The van der Waals surface area contributed by atoms with Gasteiger partial charge in [-0.25, -0.2) is 12.7 Å². The van der Waals surface area contributed by atoms with Crippen LogP contribution >= 0.6 is 23.2 Å². The van der Waals surface area contributed by atoms with Crippen molar-refractivity contribution in [2.75, 3.05) is 34.4 Å². The number of rotatable bonds is 7. The smallest absolute Gasteiger partial charge is 0.295 e. The molecule has 0 bridgehead atoms. The van der Waals surface area contributed by atoms with Crippen molar-refractivity contribution < 1.29 is 27.9 Å². The van der Waals surface area contributed by atoms with Crippen LogP contribution in [0.1, 0.15) is 17.2 Å². The fourth-order valence-electron chi connectivity index (χ4n) is 3.48. The van der Waals surface area contributed by atoms with Gasteiger partial charge in [-0.3, -0.25) is 9.59 Å². The summed E-state index contributed by atoms with van der Waals surface area (Å²) in [6, 6.07) is 9.14. The lowest BCUT2D eigenvalue weighted by atomic mass is 9.95. The number of carbonyl (C=O) groups excluding carboxylic acids is 2. The molecule has 0 aromatic heterocycles. The predicted octanol–water partition coefficient (Wildman–Crippen LogP) is 3.31. The van der Waals surface area contributed by atoms with Gasteiger partial charge in [0, 0.05) is 33.3 Å². The second-order valence-electron chi connectivity index (χ2n) is 7.47. The lowest BCUT2D eigenvalue weighted by Gasteiger charge is -2.25. The molecular formula is C22H22Cl2N2O6S. The first kappa shape index (κ1) is 25.2. The van der Waals surface area contributed by atoms with E-state index in [1.165, 1.54) is 62.5 Å². The molecular weight excluding hydrogens is 491 g/mol. The number of aliphatic hydroxyl groups excluding tert-OH is 1. The third-order valence-electron chi connectivity index (χ3n) is 5.24. The first-order chi connectivity index (χ1) is 15.5. The third kappa shape index (κ3) is 4.78. The van der Waals surface area contributed by atoms with E-state index in [0.717, 1.165) is 4.31 Å². The molecule has 0 saturated carbocycles. The summed E-state index contributed by atoms with van der Waals surface area (Å²) in [5.41, 5.74) is 0.522. The number of hydrogen-bond donors (Lipinski definition) is 1. The van der Waals surface area contributed by atoms with Crippen LogP contribution in [0, 0.1) is 0 Å². The molecule has 0 aliphatic carbocycles. The number of aliphatic hydroxyl groups is 1. The lowest BCUT2D eigenvalue weighted by molar-refractivity contribution is -0.140. The number of halogens is 2. The van der Waals surface area contributed by atoms with Gasteiger partial charge in [0.2, 0.25) is 10.0 Å². The molecule has 3 rings (SSSR count). The quantitative estimate of drug-likeness (QED) is 0.346. The summed E-state index contributed by atoms with van der Waals surface area (Å²) in [5, 5.41) is 11.6. The molecule has 176 valence electrons. The van der Waals surface area contributed by atoms with Gasteiger partial charge in [-0.05, 0) is 42.0 Å². The molecule has 2 aromatic carbocycles. The monoisotopic (exact) mass is 512 g/mol. The Balaban J connectivity index is 2.14. The Hall–Kier alpha value is -2.43. The van der Waals surface area contributed by atoms with Crippen LogP contribution in [0.25, 0.3) is 5.76 Å². The van der Waals surface area contributed by atoms with Gasteiger partial charge < -0.3 is 14.7 Å². The van der Waals surface area contributed by atoms with Crippen molar-refractivity contribution in [3.63, 3.8) is 0 Å². The van der Waals surface area contributed by atoms with Gasteiger partial charge in [-0.2, -0.15) is 0 Å². The Bertz CT molecular complexity index is 1230. The molecule has 11 heteroatoms. The van der Waals surface area contributed by atoms with Crippen LogP contribution < -0.4 is 0 Å². The summed E-state index contributed by atoms with van der Waals surface area (Å²) >= 11 is 12.2. The van der Waals surface area contributed by atoms with Gasteiger partial charge in [-0.15, -0.1) is 0 Å². The zero-order valence-corrected chi connectivity index (χ0v) is 20.4. The molecule has 1 heterocycles. The first-order valence-electron chi connectivity index (χ1n) is 9.76. The summed E-state index contributed by atoms with van der Waals surface area (Å²) in [6.07, 6.45) is 0. The Morgan fingerprint density at radius 1 is 1.09 bits per heavy atom. The van der Waals surface area contributed by atoms with E-state index < -0.39 is 33.5 Å². The standard InChI is InChI=1S/C22H22Cl2N2O6S/c1-25(2)33(30,31)15-7-4-13(5-8-15)20(27)18-19(14-6-9-16(23)17(24)12-14)26(10-11-32-3)22(29)21(18)28/h4-9,12,19,27H,10-11H2,1-3H3. The summed E-state index contributed by atoms with van der Waals surface area (Å²) in [4.78, 5) is 27.0. The number of ether oxygens (including phenoxy) is 1. The minimum atomic E-state index is -3.67. The van der Waals surface area contributed by atoms with E-state index in [0.29, 0.717) is 10.6 Å². The number of nitrogens with zero attached hydrogens (tertiary/aromatic N) is 2. The van der Waals surface area contributed by atoms with Crippen molar-refractivity contribution in [1.82, 2.24) is 9.21 Å². The van der Waals surface area contributed by atoms with Crippen LogP contribution in [-0.4, -0.2) is 68.8 Å². The maximum Gasteiger partial charge on any atom is 0.295 e. The maximum absolute atomic E-state index is 12.9. The maximum atomic E-state index is 12.9. The molecule has 2 aromatic rings. The predicted molar refractivity (Wildman–Crippen MR) is 125 cm³/mol. The number of hydrogen-bond acceptors (Lipinski definition) is 6. The van der Waals surface area contributed by atoms with Gasteiger partial charge >= 0.3 is 0 Å². The molecule has 1 N–H and O–H groups in total. The highest BCUT2D eigenvalue weighted by Crippen LogP contribution is 2.40. The fraction of sp³-hybridized carbons (Fsp3) is 0.273. The van der Waals surface area contributed by atoms with Gasteiger partial charge in [0.05, 0.1) is 33.2 Å². The molecule has 0 spiro atoms. The number of benzene rings is 2. The van der Waals surface area contributed by atoms with Crippen molar-refractivity contribution in [3.05, 3.63) is 69.2 Å². The first-order valence-corrected chi connectivity index (χ1v) is 12.0. The number of likely N-dealkylation sites (tertiary alicyclic amines) is 1. The number of amides is 1. The van der Waals surface area contributed by atoms with Crippen molar-refractivity contribution in [1.29, 1.82) is 0 Å². The summed E-state index contributed by atoms with van der Waals surface area (Å²) in [6.45, 7) is 0.269. The van der Waals surface area contributed by atoms with Gasteiger partial charge in [0.1, 0.15) is 5.76 Å². The van der Waals surface area contributed by atoms with E-state index in [1.807, 2.05) is 0 Å². The van der Waals surface area contributed by atoms with Crippen LogP contribution in [0.4, 0.5) is 0 Å². The molecule has 1 amide bonds. The van der Waals surface area contributed by atoms with Gasteiger partial charge in [0.25, 0.3) is 11.7 Å². The highest BCUT2D eigenvalue weighted by molar-refractivity contribution is 7.89. The number of methoxy groups -OCH3 is 1. The van der Waals surface area contributed by atoms with Crippen molar-refractivity contribution in [2.24, 2.45) is 0 Å². The van der Waals surface area contributed by atoms with Crippen LogP contribution in [0.5, 0.6) is 0 Å². The summed E-state index contributed by atoms with van der Waals surface area (Å²) in [7, 11) is 0.601. The van der Waals surface area contributed by atoms with E-state index in [-0.39, 0.29) is 34.2 Å². The van der Waals surface area contributed by atoms with Gasteiger partial charge in [-0.1, -0.05) is 29.3 Å². The van der Waals surface area contributed by atoms with Crippen molar-refractivity contribution >= 4 is 50.7 Å². The molecule has 0 radical (unpaired) electrons. The molecule has 33 heavy (non-hydrogen) atoms. The van der Waals surface area contributed by atoms with Crippen LogP contribution in [0.15, 0.2) is 52.9 Å². The number of Topliss-reactive ketones (excluding diaryl/α,β-unsaturated/α-hetero) is 1. The van der Waals surface area contributed by atoms with E-state index in [1.54, 1.807) is 6.07 Å². The zero-order chi connectivity index (χ0) is 24.5. The molecule has 1 aliphatic rings. The average molecular weight is 513 g/mol. The second-order valence-corrected chi connectivity index (χ2v) is 10.4. The largest absolute Gasteiger partial charge is 0.507 e. The molecule has 8 nitrogen and oxygen atoms in total. The topological polar surface area (TPSA) is 104 Å². The van der Waals surface area contributed by atoms with Crippen LogP contribution in [0.2, 0.25) is 10.0 Å². The zero-order valence-electron chi connectivity index (χ0n) is 18.1. The summed E-state index contributed by atoms with van der Waals surface area (Å²) < 4.78 is 30.8.